The summed E-state index contributed by atoms with van der Waals surface area (Å²) in [5.74, 6) is 0.0492. The third kappa shape index (κ3) is 4.49. The summed E-state index contributed by atoms with van der Waals surface area (Å²) in [6.07, 6.45) is 1.92. The fraction of sp³-hybridized carbons (Fsp3) is 0.231. The maximum absolute atomic E-state index is 13.0. The highest BCUT2D eigenvalue weighted by atomic mass is 32.2. The zero-order valence-electron chi connectivity index (χ0n) is 18.8. The Morgan fingerprint density at radius 3 is 2.53 bits per heavy atom. The number of benzene rings is 3. The first-order valence-electron chi connectivity index (χ1n) is 11.3. The number of carbonyl (C=O) groups excluding carboxylic acids is 1. The van der Waals surface area contributed by atoms with Gasteiger partial charge in [0.1, 0.15) is 5.01 Å². The number of sulfonamides is 1. The van der Waals surface area contributed by atoms with E-state index in [1.54, 1.807) is 27.8 Å². The first-order valence-corrected chi connectivity index (χ1v) is 13.5. The average Bonchev–Trinajstić information content (AvgIpc) is 3.28. The molecule has 6 nitrogen and oxygen atoms in total. The molecule has 1 N–H and O–H groups in total. The van der Waals surface area contributed by atoms with Crippen molar-refractivity contribution in [2.75, 3.05) is 18.4 Å². The van der Waals surface area contributed by atoms with Gasteiger partial charge in [0.2, 0.25) is 10.0 Å². The lowest BCUT2D eigenvalue weighted by Crippen LogP contribution is -2.39. The molecule has 0 spiro atoms. The SMILES string of the molecule is CC1CCCN(S(=O)(=O)c2ccc(C(=O)Nc3ccccc3-c3nc4ccccc4s3)cc2)C1. The normalized spacial score (nSPS) is 17.0. The number of thiazole rings is 1. The van der Waals surface area contributed by atoms with Crippen LogP contribution in [-0.4, -0.2) is 36.7 Å². The Labute approximate surface area is 203 Å². The molecule has 4 aromatic rings. The van der Waals surface area contributed by atoms with Crippen molar-refractivity contribution in [3.63, 3.8) is 0 Å². The van der Waals surface area contributed by atoms with Gasteiger partial charge in [-0.3, -0.25) is 4.79 Å². The maximum atomic E-state index is 13.0. The summed E-state index contributed by atoms with van der Waals surface area (Å²) in [5, 5.41) is 3.79. The first-order chi connectivity index (χ1) is 16.4. The van der Waals surface area contributed by atoms with E-state index < -0.39 is 10.0 Å². The summed E-state index contributed by atoms with van der Waals surface area (Å²) in [5.41, 5.74) is 2.81. The molecular formula is C26H25N3O3S2. The van der Waals surface area contributed by atoms with E-state index in [1.165, 1.54) is 12.1 Å². The van der Waals surface area contributed by atoms with E-state index in [4.69, 9.17) is 4.98 Å². The first kappa shape index (κ1) is 22.7. The molecule has 8 heteroatoms. The fourth-order valence-corrected chi connectivity index (χ4v) is 6.86. The van der Waals surface area contributed by atoms with Crippen LogP contribution in [0.5, 0.6) is 0 Å². The van der Waals surface area contributed by atoms with Crippen LogP contribution in [0.1, 0.15) is 30.1 Å². The molecule has 1 aliphatic rings. The molecule has 5 rings (SSSR count). The highest BCUT2D eigenvalue weighted by Crippen LogP contribution is 2.34. The quantitative estimate of drug-likeness (QED) is 0.392. The number of fused-ring (bicyclic) bond motifs is 1. The molecule has 1 fully saturated rings. The van der Waals surface area contributed by atoms with Gasteiger partial charge in [-0.15, -0.1) is 11.3 Å². The smallest absolute Gasteiger partial charge is 0.255 e. The number of rotatable bonds is 5. The Hall–Kier alpha value is -3.07. The molecule has 0 aliphatic carbocycles. The van der Waals surface area contributed by atoms with Gasteiger partial charge >= 0.3 is 0 Å². The zero-order valence-corrected chi connectivity index (χ0v) is 20.4. The van der Waals surface area contributed by atoms with Gasteiger partial charge in [0.25, 0.3) is 5.91 Å². The van der Waals surface area contributed by atoms with Gasteiger partial charge in [-0.2, -0.15) is 4.31 Å². The van der Waals surface area contributed by atoms with Crippen LogP contribution in [0, 0.1) is 5.92 Å². The van der Waals surface area contributed by atoms with Gasteiger partial charge < -0.3 is 5.32 Å². The number of carbonyl (C=O) groups is 1. The molecule has 1 aromatic heterocycles. The maximum Gasteiger partial charge on any atom is 0.255 e. The second-order valence-corrected chi connectivity index (χ2v) is 11.6. The van der Waals surface area contributed by atoms with Crippen molar-refractivity contribution < 1.29 is 13.2 Å². The van der Waals surface area contributed by atoms with Gasteiger partial charge in [-0.05, 0) is 67.3 Å². The van der Waals surface area contributed by atoms with Crippen molar-refractivity contribution in [1.82, 2.24) is 9.29 Å². The largest absolute Gasteiger partial charge is 0.321 e. The van der Waals surface area contributed by atoms with Crippen LogP contribution in [0.25, 0.3) is 20.8 Å². The molecule has 3 aromatic carbocycles. The Bertz CT molecular complexity index is 1410. The molecule has 34 heavy (non-hydrogen) atoms. The third-order valence-electron chi connectivity index (χ3n) is 6.07. The summed E-state index contributed by atoms with van der Waals surface area (Å²) < 4.78 is 28.6. The number of nitrogens with zero attached hydrogens (tertiary/aromatic N) is 2. The van der Waals surface area contributed by atoms with Crippen LogP contribution in [0.4, 0.5) is 5.69 Å². The second kappa shape index (κ2) is 9.29. The fourth-order valence-electron chi connectivity index (χ4n) is 4.25. The summed E-state index contributed by atoms with van der Waals surface area (Å²) in [4.78, 5) is 17.9. The Morgan fingerprint density at radius 1 is 1.03 bits per heavy atom. The highest BCUT2D eigenvalue weighted by Gasteiger charge is 2.28. The molecule has 174 valence electrons. The number of aromatic nitrogens is 1. The predicted octanol–water partition coefficient (Wildman–Crippen LogP) is 5.64. The summed E-state index contributed by atoms with van der Waals surface area (Å²) in [7, 11) is -3.56. The molecule has 1 saturated heterocycles. The van der Waals surface area contributed by atoms with Crippen molar-refractivity contribution in [3.05, 3.63) is 78.4 Å². The minimum Gasteiger partial charge on any atom is -0.321 e. The molecule has 0 radical (unpaired) electrons. The average molecular weight is 492 g/mol. The number of amides is 1. The number of piperidine rings is 1. The molecule has 1 unspecified atom stereocenters. The number of nitrogens with one attached hydrogen (secondary N) is 1. The number of hydrogen-bond acceptors (Lipinski definition) is 5. The van der Waals surface area contributed by atoms with Crippen molar-refractivity contribution in [2.45, 2.75) is 24.7 Å². The molecule has 0 saturated carbocycles. The van der Waals surface area contributed by atoms with Gasteiger partial charge in [0.05, 0.1) is 20.8 Å². The van der Waals surface area contributed by atoms with Crippen LogP contribution in [0.15, 0.2) is 77.7 Å². The molecule has 0 bridgehead atoms. The lowest BCUT2D eigenvalue weighted by Gasteiger charge is -2.30. The van der Waals surface area contributed by atoms with Crippen LogP contribution in [0.2, 0.25) is 0 Å². The highest BCUT2D eigenvalue weighted by molar-refractivity contribution is 7.89. The van der Waals surface area contributed by atoms with E-state index in [0.717, 1.165) is 33.6 Å². The number of hydrogen-bond donors (Lipinski definition) is 1. The molecular weight excluding hydrogens is 466 g/mol. The van der Waals surface area contributed by atoms with Crippen molar-refractivity contribution in [2.24, 2.45) is 5.92 Å². The van der Waals surface area contributed by atoms with Crippen molar-refractivity contribution in [1.29, 1.82) is 0 Å². The molecule has 2 heterocycles. The van der Waals surface area contributed by atoms with E-state index >= 15 is 0 Å². The van der Waals surface area contributed by atoms with Gasteiger partial charge in [0, 0.05) is 24.2 Å². The zero-order chi connectivity index (χ0) is 23.7. The van der Waals surface area contributed by atoms with Crippen LogP contribution < -0.4 is 5.32 Å². The minimum absolute atomic E-state index is 0.216. The summed E-state index contributed by atoms with van der Waals surface area (Å²) in [6.45, 7) is 3.14. The van der Waals surface area contributed by atoms with Gasteiger partial charge in [0.15, 0.2) is 0 Å². The van der Waals surface area contributed by atoms with Gasteiger partial charge in [-0.1, -0.05) is 31.2 Å². The lowest BCUT2D eigenvalue weighted by molar-refractivity contribution is 0.102. The van der Waals surface area contributed by atoms with Crippen molar-refractivity contribution >= 4 is 43.2 Å². The molecule has 1 atom stereocenters. The van der Waals surface area contributed by atoms with E-state index in [-0.39, 0.29) is 10.8 Å². The topological polar surface area (TPSA) is 79.4 Å². The standard InChI is InChI=1S/C26H25N3O3S2/c1-18-7-6-16-29(17-18)34(31,32)20-14-12-19(13-15-20)25(30)27-22-9-3-2-8-21(22)26-28-23-10-4-5-11-24(23)33-26/h2-5,8-15,18H,6-7,16-17H2,1H3,(H,27,30). The molecule has 1 amide bonds. The van der Waals surface area contributed by atoms with E-state index in [1.807, 2.05) is 48.5 Å². The lowest BCUT2D eigenvalue weighted by atomic mass is 10.0. The Morgan fingerprint density at radius 2 is 1.76 bits per heavy atom. The summed E-state index contributed by atoms with van der Waals surface area (Å²) in [6, 6.07) is 21.6. The van der Waals surface area contributed by atoms with Crippen LogP contribution in [0.3, 0.4) is 0 Å². The van der Waals surface area contributed by atoms with Crippen molar-refractivity contribution in [3.8, 4) is 10.6 Å². The second-order valence-electron chi connectivity index (χ2n) is 8.62. The Kier molecular flexibility index (Phi) is 6.20. The number of anilines is 1. The van der Waals surface area contributed by atoms with Crippen LogP contribution in [-0.2, 0) is 10.0 Å². The van der Waals surface area contributed by atoms with Crippen LogP contribution >= 0.6 is 11.3 Å². The monoisotopic (exact) mass is 491 g/mol. The Balaban J connectivity index is 1.36. The van der Waals surface area contributed by atoms with Gasteiger partial charge in [-0.25, -0.2) is 13.4 Å². The van der Waals surface area contributed by atoms with E-state index in [9.17, 15) is 13.2 Å². The minimum atomic E-state index is -3.56. The van der Waals surface area contributed by atoms with E-state index in [0.29, 0.717) is 30.3 Å². The third-order valence-corrected chi connectivity index (χ3v) is 9.02. The summed E-state index contributed by atoms with van der Waals surface area (Å²) >= 11 is 1.57. The number of para-hydroxylation sites is 2. The predicted molar refractivity (Wildman–Crippen MR) is 137 cm³/mol. The van der Waals surface area contributed by atoms with E-state index in [2.05, 4.69) is 12.2 Å². The molecule has 1 aliphatic heterocycles.